The highest BCUT2D eigenvalue weighted by atomic mass is 16.5. The van der Waals surface area contributed by atoms with E-state index >= 15 is 0 Å². The van der Waals surface area contributed by atoms with E-state index < -0.39 is 0 Å². The predicted molar refractivity (Wildman–Crippen MR) is 54.1 cm³/mol. The zero-order valence-electron chi connectivity index (χ0n) is 8.87. The molecule has 0 aromatic carbocycles. The SMILES string of the molecule is COC(=O)N(C1CCCCC1)C1CC1. The molecule has 14 heavy (non-hydrogen) atoms. The van der Waals surface area contributed by atoms with Crippen molar-refractivity contribution >= 4 is 6.09 Å². The Morgan fingerprint density at radius 1 is 1.07 bits per heavy atom. The number of ether oxygens (including phenoxy) is 1. The van der Waals surface area contributed by atoms with E-state index in [4.69, 9.17) is 4.74 Å². The third-order valence-electron chi connectivity index (χ3n) is 3.29. The van der Waals surface area contributed by atoms with Crippen LogP contribution in [0.5, 0.6) is 0 Å². The summed E-state index contributed by atoms with van der Waals surface area (Å²) in [6.07, 6.45) is 8.44. The lowest BCUT2D eigenvalue weighted by Gasteiger charge is -2.33. The second kappa shape index (κ2) is 4.20. The van der Waals surface area contributed by atoms with Gasteiger partial charge in [-0.1, -0.05) is 19.3 Å². The topological polar surface area (TPSA) is 29.5 Å². The van der Waals surface area contributed by atoms with Crippen LogP contribution in [0.2, 0.25) is 0 Å². The molecule has 0 heterocycles. The molecule has 0 atom stereocenters. The number of carbonyl (C=O) groups is 1. The van der Waals surface area contributed by atoms with Gasteiger partial charge in [-0.25, -0.2) is 4.79 Å². The number of methoxy groups -OCH3 is 1. The maximum absolute atomic E-state index is 11.6. The summed E-state index contributed by atoms with van der Waals surface area (Å²) in [6, 6.07) is 0.953. The molecule has 0 N–H and O–H groups in total. The molecular formula is C11H19NO2. The Kier molecular flexibility index (Phi) is 2.94. The molecule has 0 radical (unpaired) electrons. The van der Waals surface area contributed by atoms with Crippen LogP contribution in [-0.4, -0.2) is 30.2 Å². The summed E-state index contributed by atoms with van der Waals surface area (Å²) < 4.78 is 4.85. The van der Waals surface area contributed by atoms with E-state index in [1.165, 1.54) is 52.1 Å². The smallest absolute Gasteiger partial charge is 0.409 e. The Morgan fingerprint density at radius 2 is 1.64 bits per heavy atom. The van der Waals surface area contributed by atoms with Gasteiger partial charge < -0.3 is 9.64 Å². The molecule has 2 saturated carbocycles. The second-order valence-electron chi connectivity index (χ2n) is 4.40. The van der Waals surface area contributed by atoms with Crippen LogP contribution < -0.4 is 0 Å². The van der Waals surface area contributed by atoms with Gasteiger partial charge in [-0.05, 0) is 25.7 Å². The third-order valence-corrected chi connectivity index (χ3v) is 3.29. The van der Waals surface area contributed by atoms with Crippen molar-refractivity contribution in [2.75, 3.05) is 7.11 Å². The second-order valence-corrected chi connectivity index (χ2v) is 4.40. The van der Waals surface area contributed by atoms with E-state index in [0.717, 1.165) is 0 Å². The van der Waals surface area contributed by atoms with Crippen molar-refractivity contribution < 1.29 is 9.53 Å². The van der Waals surface area contributed by atoms with Gasteiger partial charge in [0.1, 0.15) is 0 Å². The molecule has 0 bridgehead atoms. The van der Waals surface area contributed by atoms with Crippen LogP contribution in [0.15, 0.2) is 0 Å². The van der Waals surface area contributed by atoms with Crippen LogP contribution in [0, 0.1) is 0 Å². The number of hydrogen-bond acceptors (Lipinski definition) is 2. The lowest BCUT2D eigenvalue weighted by molar-refractivity contribution is 0.0896. The lowest BCUT2D eigenvalue weighted by atomic mass is 9.94. The molecular weight excluding hydrogens is 178 g/mol. The fourth-order valence-corrected chi connectivity index (χ4v) is 2.41. The third kappa shape index (κ3) is 2.02. The van der Waals surface area contributed by atoms with Crippen molar-refractivity contribution in [2.24, 2.45) is 0 Å². The van der Waals surface area contributed by atoms with Crippen molar-refractivity contribution in [2.45, 2.75) is 57.0 Å². The number of amides is 1. The van der Waals surface area contributed by atoms with Crippen LogP contribution >= 0.6 is 0 Å². The summed E-state index contributed by atoms with van der Waals surface area (Å²) in [6.45, 7) is 0. The molecule has 3 nitrogen and oxygen atoms in total. The van der Waals surface area contributed by atoms with Gasteiger partial charge in [0.25, 0.3) is 0 Å². The van der Waals surface area contributed by atoms with Crippen molar-refractivity contribution in [3.63, 3.8) is 0 Å². The molecule has 80 valence electrons. The minimum absolute atomic E-state index is 0.112. The van der Waals surface area contributed by atoms with Crippen molar-refractivity contribution in [3.8, 4) is 0 Å². The van der Waals surface area contributed by atoms with Crippen molar-refractivity contribution in [1.29, 1.82) is 0 Å². The van der Waals surface area contributed by atoms with Crippen LogP contribution in [-0.2, 0) is 4.74 Å². The van der Waals surface area contributed by atoms with E-state index in [2.05, 4.69) is 0 Å². The summed E-state index contributed by atoms with van der Waals surface area (Å²) in [7, 11) is 1.49. The average molecular weight is 197 g/mol. The summed E-state index contributed by atoms with van der Waals surface area (Å²) in [5, 5.41) is 0. The zero-order chi connectivity index (χ0) is 9.97. The first-order valence-corrected chi connectivity index (χ1v) is 5.69. The number of hydrogen-bond donors (Lipinski definition) is 0. The standard InChI is InChI=1S/C11H19NO2/c1-14-11(13)12(10-7-8-10)9-5-3-2-4-6-9/h9-10H,2-8H2,1H3. The molecule has 0 unspecified atom stereocenters. The number of nitrogens with zero attached hydrogens (tertiary/aromatic N) is 1. The van der Waals surface area contributed by atoms with Gasteiger partial charge in [0.2, 0.25) is 0 Å². The van der Waals surface area contributed by atoms with Crippen molar-refractivity contribution in [1.82, 2.24) is 4.90 Å². The molecule has 0 aliphatic heterocycles. The van der Waals surface area contributed by atoms with E-state index in [-0.39, 0.29) is 6.09 Å². The minimum atomic E-state index is -0.112. The zero-order valence-corrected chi connectivity index (χ0v) is 8.87. The maximum Gasteiger partial charge on any atom is 0.409 e. The van der Waals surface area contributed by atoms with Gasteiger partial charge in [0.05, 0.1) is 7.11 Å². The van der Waals surface area contributed by atoms with Gasteiger partial charge in [-0.2, -0.15) is 0 Å². The van der Waals surface area contributed by atoms with Crippen molar-refractivity contribution in [3.05, 3.63) is 0 Å². The molecule has 0 aromatic heterocycles. The van der Waals surface area contributed by atoms with E-state index in [0.29, 0.717) is 12.1 Å². The Bertz CT molecular complexity index is 207. The quantitative estimate of drug-likeness (QED) is 0.681. The summed E-state index contributed by atoms with van der Waals surface area (Å²) in [4.78, 5) is 13.6. The van der Waals surface area contributed by atoms with E-state index in [9.17, 15) is 4.79 Å². The molecule has 2 fully saturated rings. The molecule has 0 saturated heterocycles. The van der Waals surface area contributed by atoms with Crippen LogP contribution in [0.25, 0.3) is 0 Å². The van der Waals surface area contributed by atoms with Crippen LogP contribution in [0.1, 0.15) is 44.9 Å². The number of carbonyl (C=O) groups excluding carboxylic acids is 1. The van der Waals surface area contributed by atoms with E-state index in [1.807, 2.05) is 4.90 Å². The molecule has 1 amide bonds. The lowest BCUT2D eigenvalue weighted by Crippen LogP contribution is -2.42. The molecule has 3 heteroatoms. The summed E-state index contributed by atoms with van der Waals surface area (Å²) in [5.41, 5.74) is 0. The maximum atomic E-state index is 11.6. The fraction of sp³-hybridized carbons (Fsp3) is 0.909. The Labute approximate surface area is 85.4 Å². The van der Waals surface area contributed by atoms with E-state index in [1.54, 1.807) is 0 Å². The summed E-state index contributed by atoms with van der Waals surface area (Å²) in [5.74, 6) is 0. The van der Waals surface area contributed by atoms with Gasteiger partial charge in [0, 0.05) is 12.1 Å². The van der Waals surface area contributed by atoms with Gasteiger partial charge in [-0.3, -0.25) is 0 Å². The monoisotopic (exact) mass is 197 g/mol. The van der Waals surface area contributed by atoms with Crippen LogP contribution in [0.4, 0.5) is 4.79 Å². The highest BCUT2D eigenvalue weighted by Gasteiger charge is 2.38. The number of rotatable bonds is 2. The first kappa shape index (κ1) is 9.81. The Balaban J connectivity index is 1.97. The highest BCUT2D eigenvalue weighted by molar-refractivity contribution is 5.68. The largest absolute Gasteiger partial charge is 0.453 e. The fourth-order valence-electron chi connectivity index (χ4n) is 2.41. The van der Waals surface area contributed by atoms with Gasteiger partial charge >= 0.3 is 6.09 Å². The Hall–Kier alpha value is -0.730. The molecule has 0 spiro atoms. The van der Waals surface area contributed by atoms with Gasteiger partial charge in [-0.15, -0.1) is 0 Å². The first-order valence-electron chi connectivity index (χ1n) is 5.69. The molecule has 2 aliphatic carbocycles. The molecule has 0 aromatic rings. The average Bonchev–Trinajstić information content (AvgIpc) is 3.04. The molecule has 2 rings (SSSR count). The normalized spacial score (nSPS) is 23.2. The highest BCUT2D eigenvalue weighted by Crippen LogP contribution is 2.33. The summed E-state index contributed by atoms with van der Waals surface area (Å²) >= 11 is 0. The predicted octanol–water partition coefficient (Wildman–Crippen LogP) is 2.55. The first-order chi connectivity index (χ1) is 6.83. The van der Waals surface area contributed by atoms with Crippen LogP contribution in [0.3, 0.4) is 0 Å². The molecule has 2 aliphatic rings. The van der Waals surface area contributed by atoms with Gasteiger partial charge in [0.15, 0.2) is 0 Å². The Morgan fingerprint density at radius 3 is 2.14 bits per heavy atom. The minimum Gasteiger partial charge on any atom is -0.453 e.